The first-order valence-corrected chi connectivity index (χ1v) is 3.42. The van der Waals surface area contributed by atoms with E-state index in [1.54, 1.807) is 0 Å². The van der Waals surface area contributed by atoms with Gasteiger partial charge < -0.3 is 15.4 Å². The van der Waals surface area contributed by atoms with Crippen LogP contribution in [0.1, 0.15) is 13.3 Å². The summed E-state index contributed by atoms with van der Waals surface area (Å²) in [5, 5.41) is 26.0. The van der Waals surface area contributed by atoms with E-state index >= 15 is 0 Å². The summed E-state index contributed by atoms with van der Waals surface area (Å²) < 4.78 is 0. The van der Waals surface area contributed by atoms with Crippen molar-refractivity contribution >= 4 is 0 Å². The average Bonchev–Trinajstić information content (AvgIpc) is 1.91. The van der Waals surface area contributed by atoms with E-state index < -0.39 is 6.10 Å². The smallest absolute Gasteiger partial charge is 0.0737 e. The van der Waals surface area contributed by atoms with E-state index in [2.05, 4.69) is 0 Å². The second-order valence-electron chi connectivity index (χ2n) is 2.28. The van der Waals surface area contributed by atoms with Crippen LogP contribution in [0.5, 0.6) is 0 Å². The highest BCUT2D eigenvalue weighted by Crippen LogP contribution is 2.06. The van der Waals surface area contributed by atoms with Crippen molar-refractivity contribution in [3.8, 4) is 0 Å². The Hall–Kier alpha value is -0.160. The molecule has 0 rings (SSSR count). The summed E-state index contributed by atoms with van der Waals surface area (Å²) in [7, 11) is 0. The molecule has 0 fully saturated rings. The van der Waals surface area contributed by atoms with Crippen LogP contribution in [0.3, 0.4) is 0 Å². The van der Waals surface area contributed by atoms with Gasteiger partial charge in [0, 0.05) is 19.1 Å². The number of aliphatic hydroxyl groups is 2. The molecule has 10 heavy (non-hydrogen) atoms. The Morgan fingerprint density at radius 1 is 1.50 bits per heavy atom. The van der Waals surface area contributed by atoms with Crippen LogP contribution >= 0.6 is 0 Å². The van der Waals surface area contributed by atoms with E-state index in [4.69, 9.17) is 15.4 Å². The van der Waals surface area contributed by atoms with Gasteiger partial charge in [-0.2, -0.15) is 0 Å². The third-order valence-electron chi connectivity index (χ3n) is 1.60. The summed E-state index contributed by atoms with van der Waals surface area (Å²) in [5.74, 6) is -0.139. The van der Waals surface area contributed by atoms with Crippen LogP contribution in [0.4, 0.5) is 0 Å². The predicted octanol–water partition coefficient (Wildman–Crippen LogP) is -0.655. The molecule has 0 aliphatic heterocycles. The van der Waals surface area contributed by atoms with Crippen LogP contribution in [-0.4, -0.2) is 34.7 Å². The quantitative estimate of drug-likeness (QED) is 0.392. The molecule has 0 radical (unpaired) electrons. The second kappa shape index (κ2) is 5.61. The molecule has 4 heteroatoms. The second-order valence-corrected chi connectivity index (χ2v) is 2.28. The summed E-state index contributed by atoms with van der Waals surface area (Å²) in [5.41, 5.74) is 1.86. The molecular formula is C6H15NO3. The van der Waals surface area contributed by atoms with Crippen molar-refractivity contribution in [2.75, 3.05) is 13.2 Å². The minimum absolute atomic E-state index is 0.0423. The predicted molar refractivity (Wildman–Crippen MR) is 36.7 cm³/mol. The highest BCUT2D eigenvalue weighted by Gasteiger charge is 2.14. The zero-order valence-electron chi connectivity index (χ0n) is 6.12. The van der Waals surface area contributed by atoms with Gasteiger partial charge in [0.1, 0.15) is 0 Å². The van der Waals surface area contributed by atoms with Crippen molar-refractivity contribution in [2.45, 2.75) is 19.4 Å². The Bertz CT molecular complexity index is 75.4. The van der Waals surface area contributed by atoms with Crippen molar-refractivity contribution in [3.63, 3.8) is 0 Å². The number of rotatable bonds is 5. The van der Waals surface area contributed by atoms with Gasteiger partial charge in [-0.25, -0.2) is 5.48 Å². The maximum atomic E-state index is 9.13. The Morgan fingerprint density at radius 2 is 2.10 bits per heavy atom. The molecule has 62 valence electrons. The van der Waals surface area contributed by atoms with Crippen LogP contribution in [0.25, 0.3) is 0 Å². The minimum atomic E-state index is -0.667. The zero-order chi connectivity index (χ0) is 7.98. The van der Waals surface area contributed by atoms with Crippen molar-refractivity contribution in [3.05, 3.63) is 0 Å². The molecule has 0 amide bonds. The van der Waals surface area contributed by atoms with Crippen molar-refractivity contribution in [2.24, 2.45) is 5.92 Å². The van der Waals surface area contributed by atoms with E-state index in [0.717, 1.165) is 0 Å². The molecular weight excluding hydrogens is 134 g/mol. The number of aliphatic hydroxyl groups excluding tert-OH is 2. The van der Waals surface area contributed by atoms with Crippen molar-refractivity contribution < 1.29 is 15.4 Å². The molecule has 0 heterocycles. The lowest BCUT2D eigenvalue weighted by molar-refractivity contribution is 0.0319. The van der Waals surface area contributed by atoms with Gasteiger partial charge in [-0.3, -0.25) is 0 Å². The fourth-order valence-electron chi connectivity index (χ4n) is 0.783. The molecule has 0 saturated carbocycles. The van der Waals surface area contributed by atoms with Gasteiger partial charge in [-0.15, -0.1) is 0 Å². The Balaban J connectivity index is 3.53. The van der Waals surface area contributed by atoms with Crippen molar-refractivity contribution in [1.29, 1.82) is 0 Å². The highest BCUT2D eigenvalue weighted by molar-refractivity contribution is 4.66. The van der Waals surface area contributed by atoms with Gasteiger partial charge in [0.15, 0.2) is 0 Å². The molecule has 0 spiro atoms. The number of hydroxylamine groups is 1. The summed E-state index contributed by atoms with van der Waals surface area (Å²) in [4.78, 5) is 0. The van der Waals surface area contributed by atoms with E-state index in [-0.39, 0.29) is 19.1 Å². The summed E-state index contributed by atoms with van der Waals surface area (Å²) in [6, 6.07) is 0. The maximum absolute atomic E-state index is 9.13. The SMILES string of the molecule is CCC(CO)C(O)CNO. The van der Waals surface area contributed by atoms with Gasteiger partial charge >= 0.3 is 0 Å². The fraction of sp³-hybridized carbons (Fsp3) is 1.00. The van der Waals surface area contributed by atoms with Gasteiger partial charge in [-0.1, -0.05) is 6.92 Å². The third-order valence-corrected chi connectivity index (χ3v) is 1.60. The van der Waals surface area contributed by atoms with Gasteiger partial charge in [-0.05, 0) is 6.42 Å². The largest absolute Gasteiger partial charge is 0.396 e. The standard InChI is InChI=1S/C6H15NO3/c1-2-5(4-8)6(9)3-7-10/h5-10H,2-4H2,1H3. The monoisotopic (exact) mass is 149 g/mol. The van der Waals surface area contributed by atoms with Crippen molar-refractivity contribution in [1.82, 2.24) is 5.48 Å². The molecule has 0 aliphatic carbocycles. The lowest BCUT2D eigenvalue weighted by Crippen LogP contribution is -2.32. The number of nitrogens with one attached hydrogen (secondary N) is 1. The third kappa shape index (κ3) is 3.12. The molecule has 0 bridgehead atoms. The first kappa shape index (κ1) is 9.84. The summed E-state index contributed by atoms with van der Waals surface area (Å²) in [6.45, 7) is 1.94. The lowest BCUT2D eigenvalue weighted by atomic mass is 10.0. The minimum Gasteiger partial charge on any atom is -0.396 e. The van der Waals surface area contributed by atoms with Crippen LogP contribution in [0.2, 0.25) is 0 Å². The maximum Gasteiger partial charge on any atom is 0.0737 e. The molecule has 2 unspecified atom stereocenters. The molecule has 0 aliphatic rings. The topological polar surface area (TPSA) is 72.7 Å². The molecule has 0 aromatic heterocycles. The van der Waals surface area contributed by atoms with Gasteiger partial charge in [0.2, 0.25) is 0 Å². The zero-order valence-corrected chi connectivity index (χ0v) is 6.12. The van der Waals surface area contributed by atoms with E-state index in [9.17, 15) is 0 Å². The van der Waals surface area contributed by atoms with Gasteiger partial charge in [0.05, 0.1) is 6.10 Å². The first-order chi connectivity index (χ1) is 4.76. The highest BCUT2D eigenvalue weighted by atomic mass is 16.5. The molecule has 0 aromatic rings. The molecule has 4 nitrogen and oxygen atoms in total. The molecule has 2 atom stereocenters. The Labute approximate surface area is 60.5 Å². The van der Waals surface area contributed by atoms with Crippen LogP contribution < -0.4 is 5.48 Å². The van der Waals surface area contributed by atoms with E-state index in [0.29, 0.717) is 6.42 Å². The summed E-state index contributed by atoms with van der Waals surface area (Å²) in [6.07, 6.45) is 0.0410. The van der Waals surface area contributed by atoms with E-state index in [1.165, 1.54) is 0 Å². The Kier molecular flexibility index (Phi) is 5.52. The van der Waals surface area contributed by atoms with Crippen LogP contribution in [0.15, 0.2) is 0 Å². The average molecular weight is 149 g/mol. The Morgan fingerprint density at radius 3 is 2.40 bits per heavy atom. The fourth-order valence-corrected chi connectivity index (χ4v) is 0.783. The first-order valence-electron chi connectivity index (χ1n) is 3.42. The van der Waals surface area contributed by atoms with E-state index in [1.807, 2.05) is 12.4 Å². The number of hydrogen-bond acceptors (Lipinski definition) is 4. The molecule has 0 saturated heterocycles. The summed E-state index contributed by atoms with van der Waals surface area (Å²) >= 11 is 0. The normalized spacial score (nSPS) is 16.8. The number of hydrogen-bond donors (Lipinski definition) is 4. The van der Waals surface area contributed by atoms with Gasteiger partial charge in [0.25, 0.3) is 0 Å². The molecule has 4 N–H and O–H groups in total. The van der Waals surface area contributed by atoms with Crippen LogP contribution in [0, 0.1) is 5.92 Å². The lowest BCUT2D eigenvalue weighted by Gasteiger charge is -2.17. The molecule has 0 aromatic carbocycles. The van der Waals surface area contributed by atoms with Crippen LogP contribution in [-0.2, 0) is 0 Å².